The number of hydrogen-bond acceptors (Lipinski definition) is 4. The van der Waals surface area contributed by atoms with Crippen LogP contribution in [0.4, 0.5) is 10.2 Å². The van der Waals surface area contributed by atoms with Crippen molar-refractivity contribution in [2.24, 2.45) is 5.92 Å². The number of para-hydroxylation sites is 1. The molecule has 1 N–H and O–H groups in total. The van der Waals surface area contributed by atoms with Crippen molar-refractivity contribution in [3.8, 4) is 17.1 Å². The maximum atomic E-state index is 13.1. The Balaban J connectivity index is 1.51. The van der Waals surface area contributed by atoms with Crippen LogP contribution < -0.4 is 5.32 Å². The normalized spacial score (nSPS) is 18.0. The van der Waals surface area contributed by atoms with Crippen molar-refractivity contribution in [3.05, 3.63) is 66.1 Å². The van der Waals surface area contributed by atoms with Gasteiger partial charge in [-0.1, -0.05) is 35.9 Å². The zero-order valence-electron chi connectivity index (χ0n) is 15.1. The van der Waals surface area contributed by atoms with Gasteiger partial charge in [0.05, 0.1) is 16.6 Å². The maximum Gasteiger partial charge on any atom is 0.231 e. The number of rotatable bonds is 4. The summed E-state index contributed by atoms with van der Waals surface area (Å²) in [6.07, 6.45) is 2.52. The van der Waals surface area contributed by atoms with E-state index in [-0.39, 0.29) is 12.3 Å². The van der Waals surface area contributed by atoms with Crippen LogP contribution in [-0.4, -0.2) is 31.8 Å². The fourth-order valence-electron chi connectivity index (χ4n) is 3.26. The van der Waals surface area contributed by atoms with Gasteiger partial charge in [-0.25, -0.2) is 9.37 Å². The molecule has 1 amide bonds. The Morgan fingerprint density at radius 3 is 2.79 bits per heavy atom. The summed E-state index contributed by atoms with van der Waals surface area (Å²) in [4.78, 5) is 16.2. The van der Waals surface area contributed by atoms with Crippen LogP contribution in [0.25, 0.3) is 27.8 Å². The molecule has 2 aromatic carbocycles. The quantitative estimate of drug-likeness (QED) is 0.543. The molecule has 8 heteroatoms. The van der Waals surface area contributed by atoms with Crippen molar-refractivity contribution in [3.63, 3.8) is 0 Å². The highest BCUT2D eigenvalue weighted by Crippen LogP contribution is 2.35. The molecule has 1 aliphatic rings. The molecule has 0 bridgehead atoms. The Hall–Kier alpha value is -3.32. The minimum absolute atomic E-state index is 0.279. The van der Waals surface area contributed by atoms with Gasteiger partial charge in [0, 0.05) is 17.1 Å². The number of anilines is 1. The molecule has 1 fully saturated rings. The molecular formula is C21H15ClFN5O. The van der Waals surface area contributed by atoms with Gasteiger partial charge < -0.3 is 5.32 Å². The first-order chi connectivity index (χ1) is 14.1. The van der Waals surface area contributed by atoms with E-state index in [1.807, 2.05) is 47.0 Å². The summed E-state index contributed by atoms with van der Waals surface area (Å²) in [6, 6.07) is 15.0. The number of pyridine rings is 1. The average molecular weight is 408 g/mol. The first-order valence-corrected chi connectivity index (χ1v) is 9.48. The van der Waals surface area contributed by atoms with Crippen molar-refractivity contribution in [2.45, 2.75) is 12.6 Å². The minimum Gasteiger partial charge on any atom is -0.310 e. The number of amides is 1. The molecular weight excluding hydrogens is 393 g/mol. The number of alkyl halides is 1. The number of carbonyl (C=O) groups excluding carboxylic acids is 1. The Bertz CT molecular complexity index is 1240. The highest BCUT2D eigenvalue weighted by atomic mass is 35.5. The van der Waals surface area contributed by atoms with E-state index in [1.165, 1.54) is 0 Å². The summed E-state index contributed by atoms with van der Waals surface area (Å²) >= 11 is 6.33. The number of hydrogen-bond donors (Lipinski definition) is 1. The van der Waals surface area contributed by atoms with Crippen molar-refractivity contribution in [1.82, 2.24) is 19.7 Å². The van der Waals surface area contributed by atoms with Crippen LogP contribution in [0.15, 0.2) is 61.1 Å². The second-order valence-corrected chi connectivity index (χ2v) is 7.36. The predicted molar refractivity (Wildman–Crippen MR) is 109 cm³/mol. The fraction of sp³-hybridized carbons (Fsp3) is 0.143. The molecule has 2 aromatic heterocycles. The molecule has 4 aromatic rings. The summed E-state index contributed by atoms with van der Waals surface area (Å²) in [7, 11) is 0. The van der Waals surface area contributed by atoms with Gasteiger partial charge in [-0.15, -0.1) is 10.2 Å². The second kappa shape index (κ2) is 6.93. The summed E-state index contributed by atoms with van der Waals surface area (Å²) in [5.41, 5.74) is 1.62. The molecule has 0 spiro atoms. The van der Waals surface area contributed by atoms with Crippen molar-refractivity contribution >= 4 is 34.1 Å². The Kier molecular flexibility index (Phi) is 4.24. The van der Waals surface area contributed by atoms with Crippen LogP contribution in [-0.2, 0) is 4.79 Å². The number of halogens is 2. The van der Waals surface area contributed by atoms with E-state index >= 15 is 0 Å². The largest absolute Gasteiger partial charge is 0.310 e. The van der Waals surface area contributed by atoms with Crippen molar-refractivity contribution in [2.75, 3.05) is 5.32 Å². The molecule has 0 radical (unpaired) electrons. The molecule has 2 heterocycles. The number of nitrogens with zero attached hydrogens (tertiary/aromatic N) is 4. The lowest BCUT2D eigenvalue weighted by Gasteiger charge is -2.10. The van der Waals surface area contributed by atoms with Crippen molar-refractivity contribution < 1.29 is 9.18 Å². The summed E-state index contributed by atoms with van der Waals surface area (Å²) in [5.74, 6) is 0.138. The molecule has 29 heavy (non-hydrogen) atoms. The van der Waals surface area contributed by atoms with Gasteiger partial charge in [0.1, 0.15) is 18.3 Å². The van der Waals surface area contributed by atoms with E-state index in [4.69, 9.17) is 11.6 Å². The van der Waals surface area contributed by atoms with Gasteiger partial charge in [0.2, 0.25) is 5.91 Å². The highest BCUT2D eigenvalue weighted by molar-refractivity contribution is 6.32. The van der Waals surface area contributed by atoms with Crippen LogP contribution in [0.1, 0.15) is 6.42 Å². The summed E-state index contributed by atoms with van der Waals surface area (Å²) < 4.78 is 14.9. The molecule has 1 saturated carbocycles. The van der Waals surface area contributed by atoms with Gasteiger partial charge >= 0.3 is 0 Å². The summed E-state index contributed by atoms with van der Waals surface area (Å²) in [5, 5.41) is 13.3. The lowest BCUT2D eigenvalue weighted by Crippen LogP contribution is -2.15. The van der Waals surface area contributed by atoms with Gasteiger partial charge in [-0.05, 0) is 36.1 Å². The van der Waals surface area contributed by atoms with E-state index in [1.54, 1.807) is 18.6 Å². The monoisotopic (exact) mass is 407 g/mol. The SMILES string of the molecule is O=C(Nc1cc2cc(-c3nncn3-c3ccccc3Cl)ccc2cn1)C1CC1F. The van der Waals surface area contributed by atoms with Crippen LogP contribution in [0.3, 0.4) is 0 Å². The van der Waals surface area contributed by atoms with E-state index in [0.717, 1.165) is 22.0 Å². The molecule has 0 aliphatic heterocycles. The van der Waals surface area contributed by atoms with Gasteiger partial charge in [-0.2, -0.15) is 0 Å². The third kappa shape index (κ3) is 3.34. The van der Waals surface area contributed by atoms with Crippen LogP contribution in [0.5, 0.6) is 0 Å². The first-order valence-electron chi connectivity index (χ1n) is 9.10. The smallest absolute Gasteiger partial charge is 0.231 e. The zero-order valence-corrected chi connectivity index (χ0v) is 15.8. The topological polar surface area (TPSA) is 72.7 Å². The third-order valence-electron chi connectivity index (χ3n) is 4.94. The van der Waals surface area contributed by atoms with E-state index in [2.05, 4.69) is 20.5 Å². The second-order valence-electron chi connectivity index (χ2n) is 6.95. The molecule has 1 aliphatic carbocycles. The summed E-state index contributed by atoms with van der Waals surface area (Å²) in [6.45, 7) is 0. The first kappa shape index (κ1) is 17.8. The molecule has 2 atom stereocenters. The molecule has 2 unspecified atom stereocenters. The number of benzene rings is 2. The number of fused-ring (bicyclic) bond motifs is 1. The minimum atomic E-state index is -1.04. The van der Waals surface area contributed by atoms with Gasteiger partial charge in [-0.3, -0.25) is 9.36 Å². The molecule has 6 nitrogen and oxygen atoms in total. The van der Waals surface area contributed by atoms with E-state index in [9.17, 15) is 9.18 Å². The lowest BCUT2D eigenvalue weighted by molar-refractivity contribution is -0.117. The lowest BCUT2D eigenvalue weighted by atomic mass is 10.1. The standard InChI is InChI=1S/C21H15ClFN5O/c22-16-3-1-2-4-18(16)28-11-25-27-20(28)12-5-6-13-10-24-19(8-14(13)7-12)26-21(29)15-9-17(15)23/h1-8,10-11,15,17H,9H2,(H,24,26,29). The van der Waals surface area contributed by atoms with E-state index < -0.39 is 12.1 Å². The van der Waals surface area contributed by atoms with Crippen LogP contribution in [0, 0.1) is 5.92 Å². The number of aromatic nitrogens is 4. The Morgan fingerprint density at radius 1 is 1.17 bits per heavy atom. The Morgan fingerprint density at radius 2 is 2.00 bits per heavy atom. The average Bonchev–Trinajstić information content (AvgIpc) is 3.26. The van der Waals surface area contributed by atoms with Crippen molar-refractivity contribution in [1.29, 1.82) is 0 Å². The third-order valence-corrected chi connectivity index (χ3v) is 5.26. The Labute approximate surface area is 170 Å². The molecule has 144 valence electrons. The van der Waals surface area contributed by atoms with Crippen LogP contribution >= 0.6 is 11.6 Å². The van der Waals surface area contributed by atoms with E-state index in [0.29, 0.717) is 16.7 Å². The zero-order chi connectivity index (χ0) is 20.0. The van der Waals surface area contributed by atoms with Crippen LogP contribution in [0.2, 0.25) is 5.02 Å². The highest BCUT2D eigenvalue weighted by Gasteiger charge is 2.43. The maximum absolute atomic E-state index is 13.1. The molecule has 5 rings (SSSR count). The number of nitrogens with one attached hydrogen (secondary N) is 1. The predicted octanol–water partition coefficient (Wildman–Crippen LogP) is 4.43. The van der Waals surface area contributed by atoms with Gasteiger partial charge in [0.25, 0.3) is 0 Å². The molecule has 0 saturated heterocycles. The van der Waals surface area contributed by atoms with Gasteiger partial charge in [0.15, 0.2) is 5.82 Å². The number of carbonyl (C=O) groups is 1. The fourth-order valence-corrected chi connectivity index (χ4v) is 3.48.